The van der Waals surface area contributed by atoms with Crippen LogP contribution in [0, 0.1) is 5.92 Å². The summed E-state index contributed by atoms with van der Waals surface area (Å²) >= 11 is 0. The molecule has 0 aromatic heterocycles. The highest BCUT2D eigenvalue weighted by molar-refractivity contribution is 4.57. The Balaban J connectivity index is 3.16. The van der Waals surface area contributed by atoms with Gasteiger partial charge in [-0.2, -0.15) is 0 Å². The molecule has 0 bridgehead atoms. The van der Waals surface area contributed by atoms with E-state index in [0.29, 0.717) is 12.5 Å². The molecule has 0 heterocycles. The molecule has 0 saturated carbocycles. The molecule has 0 spiro atoms. The van der Waals surface area contributed by atoms with Crippen LogP contribution in [-0.4, -0.2) is 6.54 Å². The van der Waals surface area contributed by atoms with Crippen LogP contribution in [0.3, 0.4) is 0 Å². The lowest BCUT2D eigenvalue weighted by Crippen LogP contribution is -1.98. The summed E-state index contributed by atoms with van der Waals surface area (Å²) in [5, 5.41) is 3.57. The summed E-state index contributed by atoms with van der Waals surface area (Å²) in [5.74, 6) is 0.553. The van der Waals surface area contributed by atoms with E-state index in [9.17, 15) is 0 Å². The molecule has 0 aromatic carbocycles. The highest BCUT2D eigenvalue weighted by Crippen LogP contribution is 2.11. The van der Waals surface area contributed by atoms with E-state index in [-0.39, 0.29) is 0 Å². The van der Waals surface area contributed by atoms with Gasteiger partial charge in [-0.1, -0.05) is 57.5 Å². The molecular formula is C10H21N3. The van der Waals surface area contributed by atoms with Crippen molar-refractivity contribution in [2.75, 3.05) is 6.54 Å². The summed E-state index contributed by atoms with van der Waals surface area (Å²) in [5.41, 5.74) is 8.12. The number of hydrogen-bond donors (Lipinski definition) is 0. The Bertz CT molecular complexity index is 150. The van der Waals surface area contributed by atoms with Gasteiger partial charge >= 0.3 is 0 Å². The van der Waals surface area contributed by atoms with Crippen LogP contribution in [0.25, 0.3) is 10.4 Å². The van der Waals surface area contributed by atoms with Crippen molar-refractivity contribution < 1.29 is 0 Å². The average molecular weight is 183 g/mol. The van der Waals surface area contributed by atoms with Crippen LogP contribution in [0.15, 0.2) is 5.11 Å². The van der Waals surface area contributed by atoms with Crippen molar-refractivity contribution in [1.82, 2.24) is 0 Å². The van der Waals surface area contributed by atoms with Gasteiger partial charge in [-0.25, -0.2) is 0 Å². The van der Waals surface area contributed by atoms with E-state index in [1.807, 2.05) is 0 Å². The van der Waals surface area contributed by atoms with Crippen LogP contribution in [0.1, 0.15) is 52.4 Å². The number of azide groups is 1. The van der Waals surface area contributed by atoms with Gasteiger partial charge in [0, 0.05) is 11.5 Å². The zero-order valence-corrected chi connectivity index (χ0v) is 8.87. The van der Waals surface area contributed by atoms with E-state index in [0.717, 1.165) is 0 Å². The van der Waals surface area contributed by atoms with Crippen LogP contribution < -0.4 is 0 Å². The lowest BCUT2D eigenvalue weighted by molar-refractivity contribution is 0.493. The third-order valence-corrected chi connectivity index (χ3v) is 2.26. The molecule has 0 rings (SSSR count). The molecule has 0 fully saturated rings. The Morgan fingerprint density at radius 2 is 1.92 bits per heavy atom. The second-order valence-electron chi connectivity index (χ2n) is 3.72. The standard InChI is InChI=1S/C10H21N3/c1-3-4-5-6-7-8-10(2)9-12-13-11/h10H,3-9H2,1-2H3/t10-/m1/s1. The fraction of sp³-hybridized carbons (Fsp3) is 1.00. The lowest BCUT2D eigenvalue weighted by atomic mass is 10.0. The Kier molecular flexibility index (Phi) is 8.90. The van der Waals surface area contributed by atoms with Gasteiger partial charge in [0.25, 0.3) is 0 Å². The number of nitrogens with zero attached hydrogens (tertiary/aromatic N) is 3. The van der Waals surface area contributed by atoms with Gasteiger partial charge in [-0.05, 0) is 11.4 Å². The summed E-state index contributed by atoms with van der Waals surface area (Å²) < 4.78 is 0. The normalized spacial score (nSPS) is 12.2. The Hall–Kier alpha value is -0.690. The Morgan fingerprint density at radius 3 is 2.54 bits per heavy atom. The molecule has 0 unspecified atom stereocenters. The van der Waals surface area contributed by atoms with Crippen molar-refractivity contribution in [3.05, 3.63) is 10.4 Å². The van der Waals surface area contributed by atoms with Crippen molar-refractivity contribution in [2.45, 2.75) is 52.4 Å². The molecule has 0 radical (unpaired) electrons. The third kappa shape index (κ3) is 9.22. The molecular weight excluding hydrogens is 162 g/mol. The molecule has 0 aromatic rings. The lowest BCUT2D eigenvalue weighted by Gasteiger charge is -2.06. The molecule has 0 N–H and O–H groups in total. The third-order valence-electron chi connectivity index (χ3n) is 2.26. The Labute approximate surface area is 81.2 Å². The van der Waals surface area contributed by atoms with E-state index in [4.69, 9.17) is 5.53 Å². The predicted octanol–water partition coefficient (Wildman–Crippen LogP) is 4.29. The predicted molar refractivity (Wildman–Crippen MR) is 56.6 cm³/mol. The maximum Gasteiger partial charge on any atom is 0.0283 e. The maximum absolute atomic E-state index is 8.12. The Morgan fingerprint density at radius 1 is 1.23 bits per heavy atom. The topological polar surface area (TPSA) is 48.8 Å². The number of hydrogen-bond acceptors (Lipinski definition) is 1. The number of rotatable bonds is 8. The molecule has 13 heavy (non-hydrogen) atoms. The van der Waals surface area contributed by atoms with Gasteiger partial charge in [-0.15, -0.1) is 0 Å². The molecule has 0 aliphatic heterocycles. The first-order valence-electron chi connectivity index (χ1n) is 5.32. The van der Waals surface area contributed by atoms with Crippen molar-refractivity contribution in [3.63, 3.8) is 0 Å². The SMILES string of the molecule is CCCCCCC[C@@H](C)CN=[N+]=[N-]. The van der Waals surface area contributed by atoms with Crippen molar-refractivity contribution in [2.24, 2.45) is 11.0 Å². The summed E-state index contributed by atoms with van der Waals surface area (Å²) in [6.45, 7) is 5.03. The summed E-state index contributed by atoms with van der Waals surface area (Å²) in [7, 11) is 0. The van der Waals surface area contributed by atoms with E-state index >= 15 is 0 Å². The molecule has 0 aliphatic rings. The minimum Gasteiger partial charge on any atom is -0.0937 e. The fourth-order valence-electron chi connectivity index (χ4n) is 1.36. The van der Waals surface area contributed by atoms with Crippen LogP contribution in [0.5, 0.6) is 0 Å². The second-order valence-corrected chi connectivity index (χ2v) is 3.72. The first kappa shape index (κ1) is 12.3. The monoisotopic (exact) mass is 183 g/mol. The van der Waals surface area contributed by atoms with Crippen molar-refractivity contribution >= 4 is 0 Å². The van der Waals surface area contributed by atoms with Gasteiger partial charge in [0.15, 0.2) is 0 Å². The van der Waals surface area contributed by atoms with Crippen LogP contribution >= 0.6 is 0 Å². The molecule has 0 saturated heterocycles. The van der Waals surface area contributed by atoms with Gasteiger partial charge in [0.1, 0.15) is 0 Å². The van der Waals surface area contributed by atoms with E-state index in [1.54, 1.807) is 0 Å². The van der Waals surface area contributed by atoms with E-state index < -0.39 is 0 Å². The zero-order chi connectivity index (χ0) is 9.94. The maximum atomic E-state index is 8.12. The minimum absolute atomic E-state index is 0.553. The van der Waals surface area contributed by atoms with Crippen molar-refractivity contribution in [3.8, 4) is 0 Å². The first-order chi connectivity index (χ1) is 6.31. The molecule has 3 heteroatoms. The zero-order valence-electron chi connectivity index (χ0n) is 8.87. The van der Waals surface area contributed by atoms with Crippen molar-refractivity contribution in [1.29, 1.82) is 0 Å². The molecule has 0 aliphatic carbocycles. The summed E-state index contributed by atoms with van der Waals surface area (Å²) in [6, 6.07) is 0. The molecule has 76 valence electrons. The van der Waals surface area contributed by atoms with Crippen LogP contribution in [-0.2, 0) is 0 Å². The molecule has 0 amide bonds. The molecule has 1 atom stereocenters. The summed E-state index contributed by atoms with van der Waals surface area (Å²) in [6.07, 6.45) is 7.81. The quantitative estimate of drug-likeness (QED) is 0.233. The van der Waals surface area contributed by atoms with Gasteiger partial charge in [0.05, 0.1) is 0 Å². The van der Waals surface area contributed by atoms with Gasteiger partial charge < -0.3 is 0 Å². The molecule has 3 nitrogen and oxygen atoms in total. The highest BCUT2D eigenvalue weighted by Gasteiger charge is 1.99. The average Bonchev–Trinajstić information content (AvgIpc) is 2.14. The minimum atomic E-state index is 0.553. The van der Waals surface area contributed by atoms with E-state index in [1.165, 1.54) is 38.5 Å². The van der Waals surface area contributed by atoms with Crippen LogP contribution in [0.4, 0.5) is 0 Å². The smallest absolute Gasteiger partial charge is 0.0283 e. The summed E-state index contributed by atoms with van der Waals surface area (Å²) in [4.78, 5) is 2.76. The van der Waals surface area contributed by atoms with Gasteiger partial charge in [0.2, 0.25) is 0 Å². The highest BCUT2D eigenvalue weighted by atomic mass is 15.1. The van der Waals surface area contributed by atoms with E-state index in [2.05, 4.69) is 23.9 Å². The number of unbranched alkanes of at least 4 members (excludes halogenated alkanes) is 4. The van der Waals surface area contributed by atoms with Gasteiger partial charge in [-0.3, -0.25) is 0 Å². The first-order valence-corrected chi connectivity index (χ1v) is 5.32. The van der Waals surface area contributed by atoms with Crippen LogP contribution in [0.2, 0.25) is 0 Å². The largest absolute Gasteiger partial charge is 0.0937 e. The second kappa shape index (κ2) is 9.40. The fourth-order valence-corrected chi connectivity index (χ4v) is 1.36.